The fourth-order valence-electron chi connectivity index (χ4n) is 1.97. The number of nitrogens with zero attached hydrogens (tertiary/aromatic N) is 4. The molecule has 0 fully saturated rings. The molecule has 22 heavy (non-hydrogen) atoms. The smallest absolute Gasteiger partial charge is 0.134 e. The minimum Gasteiger partial charge on any atom is -0.275 e. The average molecular weight is 310 g/mol. The Hall–Kier alpha value is -2.78. The van der Waals surface area contributed by atoms with Crippen molar-refractivity contribution in [2.45, 2.75) is 0 Å². The molecule has 0 amide bonds. The lowest BCUT2D eigenvalue weighted by Gasteiger charge is -1.96. The van der Waals surface area contributed by atoms with E-state index >= 15 is 0 Å². The van der Waals surface area contributed by atoms with Crippen LogP contribution in [-0.2, 0) is 7.05 Å². The van der Waals surface area contributed by atoms with E-state index in [1.165, 1.54) is 23.5 Å². The topological polar surface area (TPSA) is 54.5 Å². The Kier molecular flexibility index (Phi) is 3.81. The Balaban J connectivity index is 1.93. The summed E-state index contributed by atoms with van der Waals surface area (Å²) in [5.41, 5.74) is 2.87. The average Bonchev–Trinajstić information content (AvgIpc) is 3.15. The molecule has 2 heterocycles. The summed E-state index contributed by atoms with van der Waals surface area (Å²) in [6.07, 6.45) is 5.26. The molecule has 3 aromatic rings. The summed E-state index contributed by atoms with van der Waals surface area (Å²) >= 11 is 1.38. The number of nitriles is 1. The van der Waals surface area contributed by atoms with Gasteiger partial charge in [0.25, 0.3) is 0 Å². The quantitative estimate of drug-likeness (QED) is 0.692. The van der Waals surface area contributed by atoms with Crippen LogP contribution in [0.4, 0.5) is 4.39 Å². The highest BCUT2D eigenvalue weighted by molar-refractivity contribution is 7.11. The lowest BCUT2D eigenvalue weighted by atomic mass is 10.2. The number of thiazole rings is 1. The van der Waals surface area contributed by atoms with Gasteiger partial charge in [0.15, 0.2) is 0 Å². The fraction of sp³-hybridized carbons (Fsp3) is 0.0625. The van der Waals surface area contributed by atoms with Gasteiger partial charge in [0, 0.05) is 29.8 Å². The van der Waals surface area contributed by atoms with Crippen molar-refractivity contribution in [3.05, 3.63) is 58.4 Å². The molecule has 0 atom stereocenters. The molecule has 0 saturated carbocycles. The van der Waals surface area contributed by atoms with Crippen molar-refractivity contribution in [1.29, 1.82) is 5.26 Å². The van der Waals surface area contributed by atoms with E-state index in [-0.39, 0.29) is 5.82 Å². The first kappa shape index (κ1) is 14.2. The molecule has 0 unspecified atom stereocenters. The summed E-state index contributed by atoms with van der Waals surface area (Å²) in [4.78, 5) is 4.46. The van der Waals surface area contributed by atoms with Crippen LogP contribution in [0.3, 0.4) is 0 Å². The number of halogens is 1. The Morgan fingerprint density at radius 1 is 1.36 bits per heavy atom. The Morgan fingerprint density at radius 3 is 2.77 bits per heavy atom. The minimum absolute atomic E-state index is 0.284. The van der Waals surface area contributed by atoms with Crippen molar-refractivity contribution in [2.75, 3.05) is 0 Å². The highest BCUT2D eigenvalue weighted by atomic mass is 32.1. The minimum atomic E-state index is -0.284. The molecule has 2 aromatic heterocycles. The predicted molar refractivity (Wildman–Crippen MR) is 84.2 cm³/mol. The third-order valence-corrected chi connectivity index (χ3v) is 3.91. The maximum atomic E-state index is 13.0. The van der Waals surface area contributed by atoms with E-state index in [1.54, 1.807) is 29.1 Å². The van der Waals surface area contributed by atoms with Gasteiger partial charge in [0.2, 0.25) is 0 Å². The van der Waals surface area contributed by atoms with Gasteiger partial charge in [0.1, 0.15) is 16.9 Å². The molecule has 0 saturated heterocycles. The van der Waals surface area contributed by atoms with E-state index in [2.05, 4.69) is 16.2 Å². The van der Waals surface area contributed by atoms with Crippen molar-refractivity contribution in [2.24, 2.45) is 7.05 Å². The van der Waals surface area contributed by atoms with Crippen molar-refractivity contribution in [3.63, 3.8) is 0 Å². The molecule has 6 heteroatoms. The number of hydrogen-bond acceptors (Lipinski definition) is 4. The molecule has 4 nitrogen and oxygen atoms in total. The van der Waals surface area contributed by atoms with Gasteiger partial charge in [-0.25, -0.2) is 9.37 Å². The maximum absolute atomic E-state index is 13.0. The number of allylic oxidation sites excluding steroid dienone is 1. The maximum Gasteiger partial charge on any atom is 0.134 e. The third kappa shape index (κ3) is 2.95. The number of rotatable bonds is 3. The number of benzene rings is 1. The van der Waals surface area contributed by atoms with Gasteiger partial charge >= 0.3 is 0 Å². The van der Waals surface area contributed by atoms with Gasteiger partial charge in [-0.1, -0.05) is 0 Å². The fourth-order valence-corrected chi connectivity index (χ4v) is 2.77. The predicted octanol–water partition coefficient (Wildman–Crippen LogP) is 3.75. The Morgan fingerprint density at radius 2 is 2.14 bits per heavy atom. The molecule has 108 valence electrons. The van der Waals surface area contributed by atoms with Gasteiger partial charge in [0.05, 0.1) is 17.5 Å². The summed E-state index contributed by atoms with van der Waals surface area (Å²) in [7, 11) is 1.82. The summed E-state index contributed by atoms with van der Waals surface area (Å²) in [5, 5.41) is 15.9. The monoisotopic (exact) mass is 310 g/mol. The second-order valence-electron chi connectivity index (χ2n) is 4.66. The van der Waals surface area contributed by atoms with E-state index in [1.807, 2.05) is 18.6 Å². The highest BCUT2D eigenvalue weighted by Gasteiger charge is 2.09. The van der Waals surface area contributed by atoms with Crippen LogP contribution in [0.15, 0.2) is 42.0 Å². The van der Waals surface area contributed by atoms with E-state index < -0.39 is 0 Å². The van der Waals surface area contributed by atoms with Crippen LogP contribution in [0.1, 0.15) is 10.6 Å². The molecule has 0 bridgehead atoms. The molecule has 3 rings (SSSR count). The van der Waals surface area contributed by atoms with Crippen molar-refractivity contribution in [1.82, 2.24) is 14.8 Å². The highest BCUT2D eigenvalue weighted by Crippen LogP contribution is 2.27. The van der Waals surface area contributed by atoms with Crippen molar-refractivity contribution in [3.8, 4) is 17.3 Å². The molecule has 1 aromatic carbocycles. The summed E-state index contributed by atoms with van der Waals surface area (Å²) < 4.78 is 14.6. The normalized spacial score (nSPS) is 11.4. The van der Waals surface area contributed by atoms with Crippen molar-refractivity contribution >= 4 is 23.0 Å². The molecule has 0 radical (unpaired) electrons. The zero-order valence-electron chi connectivity index (χ0n) is 11.7. The molecular weight excluding hydrogens is 299 g/mol. The molecular formula is C16H11FN4S. The molecule has 0 aliphatic rings. The van der Waals surface area contributed by atoms with Gasteiger partial charge in [-0.15, -0.1) is 11.3 Å². The van der Waals surface area contributed by atoms with Crippen LogP contribution in [-0.4, -0.2) is 14.8 Å². The largest absolute Gasteiger partial charge is 0.275 e. The van der Waals surface area contributed by atoms with Gasteiger partial charge in [-0.2, -0.15) is 10.4 Å². The van der Waals surface area contributed by atoms with Crippen LogP contribution in [0.5, 0.6) is 0 Å². The van der Waals surface area contributed by atoms with E-state index in [4.69, 9.17) is 0 Å². The zero-order chi connectivity index (χ0) is 15.5. The number of aromatic nitrogens is 3. The number of hydrogen-bond donors (Lipinski definition) is 0. The van der Waals surface area contributed by atoms with Crippen LogP contribution < -0.4 is 0 Å². The molecule has 0 N–H and O–H groups in total. The van der Waals surface area contributed by atoms with Gasteiger partial charge in [-0.3, -0.25) is 4.68 Å². The lowest BCUT2D eigenvalue weighted by Crippen LogP contribution is -1.84. The zero-order valence-corrected chi connectivity index (χ0v) is 12.5. The van der Waals surface area contributed by atoms with Crippen LogP contribution in [0.25, 0.3) is 22.9 Å². The van der Waals surface area contributed by atoms with E-state index in [0.717, 1.165) is 16.8 Å². The van der Waals surface area contributed by atoms with Crippen molar-refractivity contribution < 1.29 is 4.39 Å². The van der Waals surface area contributed by atoms with Gasteiger partial charge < -0.3 is 0 Å². The van der Waals surface area contributed by atoms with E-state index in [0.29, 0.717) is 10.6 Å². The molecule has 0 spiro atoms. The molecule has 0 aliphatic heterocycles. The second kappa shape index (κ2) is 5.92. The van der Waals surface area contributed by atoms with E-state index in [9.17, 15) is 9.65 Å². The van der Waals surface area contributed by atoms with Gasteiger partial charge in [-0.05, 0) is 30.3 Å². The first-order valence-corrected chi connectivity index (χ1v) is 7.36. The molecule has 0 aliphatic carbocycles. The SMILES string of the molecule is Cn1cc(/C=C(\C#N)c2nc(-c3ccc(F)cc3)cs2)cn1. The Bertz CT molecular complexity index is 868. The standard InChI is InChI=1S/C16H11FN4S/c1-21-9-11(8-19-21)6-13(7-18)16-20-15(10-22-16)12-2-4-14(17)5-3-12/h2-6,8-10H,1H3/b13-6+. The third-order valence-electron chi connectivity index (χ3n) is 3.03. The second-order valence-corrected chi connectivity index (χ2v) is 5.52. The summed E-state index contributed by atoms with van der Waals surface area (Å²) in [6, 6.07) is 8.29. The van der Waals surface area contributed by atoms with Crippen LogP contribution in [0.2, 0.25) is 0 Å². The lowest BCUT2D eigenvalue weighted by molar-refractivity contribution is 0.628. The first-order valence-electron chi connectivity index (χ1n) is 6.48. The van der Waals surface area contributed by atoms with Crippen LogP contribution >= 0.6 is 11.3 Å². The van der Waals surface area contributed by atoms with Crippen LogP contribution in [0, 0.1) is 17.1 Å². The Labute approximate surface area is 130 Å². The first-order chi connectivity index (χ1) is 10.7. The summed E-state index contributed by atoms with van der Waals surface area (Å²) in [5.74, 6) is -0.284. The number of aryl methyl sites for hydroxylation is 1. The summed E-state index contributed by atoms with van der Waals surface area (Å²) in [6.45, 7) is 0.